The van der Waals surface area contributed by atoms with Crippen LogP contribution in [0.3, 0.4) is 0 Å². The molecule has 3 amide bonds. The van der Waals surface area contributed by atoms with Gasteiger partial charge in [0.05, 0.1) is 4.90 Å². The Balaban J connectivity index is 2.59. The summed E-state index contributed by atoms with van der Waals surface area (Å²) >= 11 is 0. The highest BCUT2D eigenvalue weighted by molar-refractivity contribution is 7.92. The number of sulfone groups is 1. The Bertz CT molecular complexity index is 810. The molecule has 1 unspecified atom stereocenters. The number of ether oxygens (including phenoxy) is 1. The van der Waals surface area contributed by atoms with Crippen molar-refractivity contribution in [2.75, 3.05) is 26.7 Å². The normalized spacial score (nSPS) is 12.3. The van der Waals surface area contributed by atoms with Crippen molar-refractivity contribution < 1.29 is 22.7 Å². The summed E-state index contributed by atoms with van der Waals surface area (Å²) in [4.78, 5) is 26.8. The number of nitrogens with zero attached hydrogens (tertiary/aromatic N) is 2. The Morgan fingerprint density at radius 3 is 2.34 bits per heavy atom. The molecular formula is C20H36BN5O5S. The van der Waals surface area contributed by atoms with Gasteiger partial charge in [-0.1, -0.05) is 37.5 Å². The van der Waals surface area contributed by atoms with Crippen LogP contribution in [0, 0.1) is 0 Å². The maximum atomic E-state index is 13.1. The fourth-order valence-corrected chi connectivity index (χ4v) is 4.61. The molecule has 5 N–H and O–H groups in total. The Kier molecular flexibility index (Phi) is 12.1. The Labute approximate surface area is 192 Å². The van der Waals surface area contributed by atoms with Gasteiger partial charge < -0.3 is 19.8 Å². The average molecular weight is 469 g/mol. The molecule has 0 saturated carbocycles. The predicted molar refractivity (Wildman–Crippen MR) is 126 cm³/mol. The van der Waals surface area contributed by atoms with E-state index in [1.54, 1.807) is 45.4 Å². The number of benzene rings is 1. The average Bonchev–Trinajstić information content (AvgIpc) is 2.76. The molecule has 0 bridgehead atoms. The third kappa shape index (κ3) is 9.45. The summed E-state index contributed by atoms with van der Waals surface area (Å²) in [6.45, 7) is 2.62. The van der Waals surface area contributed by atoms with Crippen LogP contribution in [0.25, 0.3) is 0 Å². The molecule has 1 rings (SSSR count). The van der Waals surface area contributed by atoms with Gasteiger partial charge in [0.2, 0.25) is 7.98 Å². The second-order valence-corrected chi connectivity index (χ2v) is 9.90. The molecule has 0 saturated heterocycles. The van der Waals surface area contributed by atoms with Gasteiger partial charge in [0.15, 0.2) is 9.84 Å². The summed E-state index contributed by atoms with van der Waals surface area (Å²) in [7, 11) is -0.385. The number of hydrogen-bond acceptors (Lipinski definition) is 7. The molecule has 12 heteroatoms. The second kappa shape index (κ2) is 14.0. The standard InChI is InChI=1S/C20H36BN5O5S/c1-3-26(21)20(28)31-15-17(32(29,30)16-11-8-6-9-12-16)13-7-4-5-10-14-25(2)19(27)24-18(22)23/h6,8-9,11-12,17-18H,3-5,7,10,13-15,21-23H2,1-2H3,(H,24,27). The molecule has 1 aromatic rings. The minimum absolute atomic E-state index is 0.192. The molecule has 0 fully saturated rings. The SMILES string of the molecule is BN(CC)C(=O)OCC(CCCCCCN(C)C(=O)NC(N)N)S(=O)(=O)c1ccccc1. The number of rotatable bonds is 13. The van der Waals surface area contributed by atoms with Crippen LogP contribution in [0.5, 0.6) is 0 Å². The topological polar surface area (TPSA) is 148 Å². The molecule has 1 aromatic carbocycles. The summed E-state index contributed by atoms with van der Waals surface area (Å²) in [6.07, 6.45) is 1.95. The van der Waals surface area contributed by atoms with Crippen molar-refractivity contribution in [3.05, 3.63) is 30.3 Å². The number of hydrogen-bond donors (Lipinski definition) is 3. The first-order valence-corrected chi connectivity index (χ1v) is 12.3. The van der Waals surface area contributed by atoms with E-state index in [2.05, 4.69) is 5.32 Å². The maximum Gasteiger partial charge on any atom is 0.396 e. The summed E-state index contributed by atoms with van der Waals surface area (Å²) in [5.41, 5.74) is 10.7. The number of carbonyl (C=O) groups excluding carboxylic acids is 2. The number of amides is 3. The highest BCUT2D eigenvalue weighted by Crippen LogP contribution is 2.21. The number of nitrogens with one attached hydrogen (secondary N) is 1. The van der Waals surface area contributed by atoms with Gasteiger partial charge in [0.25, 0.3) is 0 Å². The van der Waals surface area contributed by atoms with Crippen molar-refractivity contribution in [2.24, 2.45) is 11.5 Å². The van der Waals surface area contributed by atoms with Gasteiger partial charge in [-0.2, -0.15) is 0 Å². The zero-order valence-electron chi connectivity index (χ0n) is 19.2. The molecule has 0 aliphatic carbocycles. The van der Waals surface area contributed by atoms with Crippen molar-refractivity contribution >= 4 is 29.9 Å². The van der Waals surface area contributed by atoms with Crippen LogP contribution in [0.4, 0.5) is 9.59 Å². The molecule has 10 nitrogen and oxygen atoms in total. The van der Waals surface area contributed by atoms with Crippen molar-refractivity contribution in [3.8, 4) is 0 Å². The lowest BCUT2D eigenvalue weighted by Gasteiger charge is -2.21. The first-order valence-electron chi connectivity index (χ1n) is 10.8. The van der Waals surface area contributed by atoms with Crippen LogP contribution in [-0.2, 0) is 14.6 Å². The monoisotopic (exact) mass is 469 g/mol. The van der Waals surface area contributed by atoms with Gasteiger partial charge in [-0.25, -0.2) is 18.0 Å². The van der Waals surface area contributed by atoms with E-state index in [1.165, 1.54) is 9.71 Å². The van der Waals surface area contributed by atoms with Gasteiger partial charge >= 0.3 is 12.1 Å². The van der Waals surface area contributed by atoms with Crippen LogP contribution in [0.1, 0.15) is 39.0 Å². The maximum absolute atomic E-state index is 13.1. The third-order valence-corrected chi connectivity index (χ3v) is 7.27. The molecule has 0 aromatic heterocycles. The van der Waals surface area contributed by atoms with Gasteiger partial charge in [0, 0.05) is 20.1 Å². The van der Waals surface area contributed by atoms with Crippen LogP contribution in [-0.4, -0.2) is 76.5 Å². The van der Waals surface area contributed by atoms with Crippen LogP contribution < -0.4 is 16.8 Å². The van der Waals surface area contributed by atoms with Gasteiger partial charge in [-0.3, -0.25) is 11.5 Å². The Morgan fingerprint density at radius 2 is 1.75 bits per heavy atom. The summed E-state index contributed by atoms with van der Waals surface area (Å²) in [5.74, 6) is 0. The Morgan fingerprint density at radius 1 is 1.12 bits per heavy atom. The van der Waals surface area contributed by atoms with Gasteiger partial charge in [-0.05, 0) is 31.9 Å². The number of urea groups is 1. The van der Waals surface area contributed by atoms with Crippen molar-refractivity contribution in [2.45, 2.75) is 55.5 Å². The molecule has 180 valence electrons. The first-order chi connectivity index (χ1) is 15.1. The highest BCUT2D eigenvalue weighted by Gasteiger charge is 2.28. The van der Waals surface area contributed by atoms with E-state index in [4.69, 9.17) is 16.2 Å². The summed E-state index contributed by atoms with van der Waals surface area (Å²) < 4.78 is 31.4. The molecule has 0 heterocycles. The quantitative estimate of drug-likeness (QED) is 0.218. The van der Waals surface area contributed by atoms with Crippen LogP contribution in [0.2, 0.25) is 0 Å². The third-order valence-electron chi connectivity index (χ3n) is 5.10. The van der Waals surface area contributed by atoms with Gasteiger partial charge in [-0.15, -0.1) is 0 Å². The van der Waals surface area contributed by atoms with Gasteiger partial charge in [0.1, 0.15) is 18.1 Å². The minimum Gasteiger partial charge on any atom is -0.449 e. The summed E-state index contributed by atoms with van der Waals surface area (Å²) in [5, 5.41) is 1.59. The zero-order chi connectivity index (χ0) is 24.1. The molecular weight excluding hydrogens is 433 g/mol. The lowest BCUT2D eigenvalue weighted by atomic mass is 10.1. The zero-order valence-corrected chi connectivity index (χ0v) is 20.0. The van der Waals surface area contributed by atoms with E-state index < -0.39 is 27.5 Å². The Hall–Kier alpha value is -2.31. The van der Waals surface area contributed by atoms with E-state index >= 15 is 0 Å². The van der Waals surface area contributed by atoms with Crippen LogP contribution >= 0.6 is 0 Å². The molecule has 0 aliphatic rings. The smallest absolute Gasteiger partial charge is 0.396 e. The number of carbonyl (C=O) groups is 2. The minimum atomic E-state index is -3.64. The number of nitrogens with two attached hydrogens (primary N) is 2. The molecule has 32 heavy (non-hydrogen) atoms. The van der Waals surface area contributed by atoms with Crippen molar-refractivity contribution in [3.63, 3.8) is 0 Å². The highest BCUT2D eigenvalue weighted by atomic mass is 32.2. The molecule has 0 aliphatic heterocycles. The predicted octanol–water partition coefficient (Wildman–Crippen LogP) is 0.628. The molecule has 0 radical (unpaired) electrons. The van der Waals surface area contributed by atoms with E-state index in [1.807, 2.05) is 6.92 Å². The fourth-order valence-electron chi connectivity index (χ4n) is 2.96. The largest absolute Gasteiger partial charge is 0.449 e. The lowest BCUT2D eigenvalue weighted by molar-refractivity contribution is 0.126. The van der Waals surface area contributed by atoms with E-state index in [-0.39, 0.29) is 17.5 Å². The number of unbranched alkanes of at least 4 members (excludes halogenated alkanes) is 3. The van der Waals surface area contributed by atoms with E-state index in [9.17, 15) is 18.0 Å². The second-order valence-electron chi connectivity index (χ2n) is 7.67. The summed E-state index contributed by atoms with van der Waals surface area (Å²) in [6, 6.07) is 7.86. The van der Waals surface area contributed by atoms with E-state index in [0.29, 0.717) is 25.9 Å². The molecule has 0 spiro atoms. The van der Waals surface area contributed by atoms with Crippen molar-refractivity contribution in [1.82, 2.24) is 15.0 Å². The lowest BCUT2D eigenvalue weighted by Crippen LogP contribution is -2.52. The fraction of sp³-hybridized carbons (Fsp3) is 0.600. The molecule has 1 atom stereocenters. The van der Waals surface area contributed by atoms with Crippen molar-refractivity contribution in [1.29, 1.82) is 0 Å². The first kappa shape index (κ1) is 27.7. The van der Waals surface area contributed by atoms with Crippen LogP contribution in [0.15, 0.2) is 35.2 Å². The van der Waals surface area contributed by atoms with E-state index in [0.717, 1.165) is 19.3 Å².